The topological polar surface area (TPSA) is 65.1 Å². The molecule has 1 heterocycles. The molecule has 31 heavy (non-hydrogen) atoms. The fourth-order valence-electron chi connectivity index (χ4n) is 5.00. The number of carbonyl (C=O) groups is 1. The van der Waals surface area contributed by atoms with E-state index in [1.165, 1.54) is 18.2 Å². The van der Waals surface area contributed by atoms with Crippen LogP contribution in [0.2, 0.25) is 0 Å². The minimum atomic E-state index is -0.526. The van der Waals surface area contributed by atoms with E-state index >= 15 is 0 Å². The number of aryl methyl sites for hydroxylation is 1. The van der Waals surface area contributed by atoms with E-state index in [4.69, 9.17) is 0 Å². The Balaban J connectivity index is 1.51. The van der Waals surface area contributed by atoms with Crippen molar-refractivity contribution in [1.82, 2.24) is 10.3 Å². The Morgan fingerprint density at radius 1 is 1.16 bits per heavy atom. The van der Waals surface area contributed by atoms with Crippen LogP contribution in [0.1, 0.15) is 49.7 Å². The molecule has 3 aromatic rings. The summed E-state index contributed by atoms with van der Waals surface area (Å²) >= 11 is 0. The van der Waals surface area contributed by atoms with Gasteiger partial charge >= 0.3 is 0 Å². The molecule has 2 saturated carbocycles. The first-order chi connectivity index (χ1) is 14.7. The van der Waals surface area contributed by atoms with Gasteiger partial charge in [0.15, 0.2) is 0 Å². The van der Waals surface area contributed by atoms with Crippen LogP contribution in [0, 0.1) is 24.0 Å². The Morgan fingerprint density at radius 3 is 2.45 bits per heavy atom. The van der Waals surface area contributed by atoms with Gasteiger partial charge in [0.1, 0.15) is 11.6 Å². The number of amides is 1. The van der Waals surface area contributed by atoms with Crippen molar-refractivity contribution in [2.75, 3.05) is 6.61 Å². The molecule has 2 aliphatic rings. The molecule has 0 unspecified atom stereocenters. The van der Waals surface area contributed by atoms with E-state index in [0.29, 0.717) is 12.8 Å². The summed E-state index contributed by atoms with van der Waals surface area (Å²) < 4.78 is 27.8. The first-order valence-corrected chi connectivity index (χ1v) is 10.7. The monoisotopic (exact) mass is 424 g/mol. The number of halogens is 2. The van der Waals surface area contributed by atoms with Crippen LogP contribution in [0.15, 0.2) is 36.4 Å². The number of aromatic nitrogens is 1. The predicted octanol–water partition coefficient (Wildman–Crippen LogP) is 4.95. The van der Waals surface area contributed by atoms with Gasteiger partial charge in [-0.1, -0.05) is 6.92 Å². The molecule has 0 spiro atoms. The largest absolute Gasteiger partial charge is 0.394 e. The lowest BCUT2D eigenvalue weighted by atomic mass is 9.60. The van der Waals surface area contributed by atoms with E-state index in [2.05, 4.69) is 10.3 Å². The van der Waals surface area contributed by atoms with Crippen molar-refractivity contribution in [1.29, 1.82) is 0 Å². The van der Waals surface area contributed by atoms with Crippen molar-refractivity contribution in [3.63, 3.8) is 0 Å². The lowest BCUT2D eigenvalue weighted by Crippen LogP contribution is -2.51. The highest BCUT2D eigenvalue weighted by Crippen LogP contribution is 2.55. The van der Waals surface area contributed by atoms with Crippen molar-refractivity contribution in [3.05, 3.63) is 59.2 Å². The first kappa shape index (κ1) is 20.2. The highest BCUT2D eigenvalue weighted by molar-refractivity contribution is 5.94. The molecule has 0 atom stereocenters. The summed E-state index contributed by atoms with van der Waals surface area (Å²) in [7, 11) is 0. The smallest absolute Gasteiger partial charge is 0.226 e. The normalized spacial score (nSPS) is 24.1. The molecule has 2 aliphatic carbocycles. The summed E-state index contributed by atoms with van der Waals surface area (Å²) in [5.74, 6) is -0.556. The molecule has 162 valence electrons. The van der Waals surface area contributed by atoms with Crippen molar-refractivity contribution >= 4 is 16.8 Å². The SMILES string of the molecule is Cc1cc(F)cc2c(C3CC(C)(C(=O)NC4(CO)CC4)C3)c(-c3ccc(F)cc3)[nH]c12. The summed E-state index contributed by atoms with van der Waals surface area (Å²) in [5, 5.41) is 13.4. The zero-order chi connectivity index (χ0) is 22.0. The van der Waals surface area contributed by atoms with Crippen LogP contribution < -0.4 is 5.32 Å². The van der Waals surface area contributed by atoms with Gasteiger partial charge in [-0.3, -0.25) is 4.79 Å². The summed E-state index contributed by atoms with van der Waals surface area (Å²) in [6.45, 7) is 3.78. The van der Waals surface area contributed by atoms with E-state index in [9.17, 15) is 18.7 Å². The number of benzene rings is 2. The van der Waals surface area contributed by atoms with Gasteiger partial charge in [0.2, 0.25) is 5.91 Å². The van der Waals surface area contributed by atoms with Gasteiger partial charge in [-0.2, -0.15) is 0 Å². The highest BCUT2D eigenvalue weighted by atomic mass is 19.1. The van der Waals surface area contributed by atoms with E-state index in [0.717, 1.165) is 46.1 Å². The second-order valence-electron chi connectivity index (χ2n) is 9.62. The third-order valence-electron chi connectivity index (χ3n) is 7.13. The summed E-state index contributed by atoms with van der Waals surface area (Å²) in [4.78, 5) is 16.3. The van der Waals surface area contributed by atoms with Crippen LogP contribution in [0.4, 0.5) is 8.78 Å². The van der Waals surface area contributed by atoms with Crippen LogP contribution in [-0.2, 0) is 4.79 Å². The van der Waals surface area contributed by atoms with Crippen LogP contribution in [0.3, 0.4) is 0 Å². The van der Waals surface area contributed by atoms with Crippen LogP contribution in [-0.4, -0.2) is 28.1 Å². The lowest BCUT2D eigenvalue weighted by Gasteiger charge is -2.45. The van der Waals surface area contributed by atoms with E-state index in [1.54, 1.807) is 18.2 Å². The minimum absolute atomic E-state index is 0.0270. The molecule has 1 aromatic heterocycles. The maximum Gasteiger partial charge on any atom is 0.226 e. The Hall–Kier alpha value is -2.73. The number of hydrogen-bond acceptors (Lipinski definition) is 2. The number of hydrogen-bond donors (Lipinski definition) is 3. The average Bonchev–Trinajstić information content (AvgIpc) is 3.38. The molecular weight excluding hydrogens is 398 g/mol. The Bertz CT molecular complexity index is 1170. The van der Waals surface area contributed by atoms with Crippen molar-refractivity contribution in [2.45, 2.75) is 51.0 Å². The quantitative estimate of drug-likeness (QED) is 0.543. The highest BCUT2D eigenvalue weighted by Gasteiger charge is 2.52. The lowest BCUT2D eigenvalue weighted by molar-refractivity contribution is -0.137. The third-order valence-corrected chi connectivity index (χ3v) is 7.13. The summed E-state index contributed by atoms with van der Waals surface area (Å²) in [5.41, 5.74) is 3.38. The molecule has 2 aromatic carbocycles. The van der Waals surface area contributed by atoms with E-state index < -0.39 is 11.0 Å². The molecular formula is C25H26F2N2O2. The Labute approximate surface area is 179 Å². The number of fused-ring (bicyclic) bond motifs is 1. The second-order valence-corrected chi connectivity index (χ2v) is 9.62. The van der Waals surface area contributed by atoms with E-state index in [-0.39, 0.29) is 30.1 Å². The van der Waals surface area contributed by atoms with Crippen LogP contribution >= 0.6 is 0 Å². The zero-order valence-corrected chi connectivity index (χ0v) is 17.7. The molecule has 0 radical (unpaired) electrons. The Kier molecular flexibility index (Phi) is 4.49. The second kappa shape index (κ2) is 6.89. The van der Waals surface area contributed by atoms with Gasteiger partial charge in [-0.05, 0) is 91.6 Å². The minimum Gasteiger partial charge on any atom is -0.394 e. The predicted molar refractivity (Wildman–Crippen MR) is 116 cm³/mol. The summed E-state index contributed by atoms with van der Waals surface area (Å²) in [6, 6.07) is 9.32. The molecule has 2 fully saturated rings. The fourth-order valence-corrected chi connectivity index (χ4v) is 5.00. The number of aliphatic hydroxyl groups is 1. The molecule has 0 bridgehead atoms. The van der Waals surface area contributed by atoms with Crippen molar-refractivity contribution in [2.24, 2.45) is 5.41 Å². The van der Waals surface area contributed by atoms with Gasteiger partial charge < -0.3 is 15.4 Å². The average molecular weight is 424 g/mol. The molecule has 5 rings (SSSR count). The van der Waals surface area contributed by atoms with Gasteiger partial charge in [-0.15, -0.1) is 0 Å². The molecule has 4 nitrogen and oxygen atoms in total. The van der Waals surface area contributed by atoms with Gasteiger partial charge in [0.05, 0.1) is 12.1 Å². The Morgan fingerprint density at radius 2 is 1.84 bits per heavy atom. The number of H-pyrrole nitrogens is 1. The third kappa shape index (κ3) is 3.33. The molecule has 3 N–H and O–H groups in total. The maximum absolute atomic E-state index is 14.3. The zero-order valence-electron chi connectivity index (χ0n) is 17.7. The van der Waals surface area contributed by atoms with Gasteiger partial charge in [0.25, 0.3) is 0 Å². The molecule has 0 aliphatic heterocycles. The van der Waals surface area contributed by atoms with Crippen molar-refractivity contribution < 1.29 is 18.7 Å². The number of aliphatic hydroxyl groups excluding tert-OH is 1. The molecule has 6 heteroatoms. The molecule has 0 saturated heterocycles. The number of rotatable bonds is 5. The standard InChI is InChI=1S/C25H26F2N2O2/c1-14-9-18(27)10-19-20(22(28-21(14)19)15-3-5-17(26)6-4-15)16-11-24(2,12-16)23(31)29-25(13-30)7-8-25/h3-6,9-10,16,28,30H,7-8,11-13H2,1-2H3,(H,29,31). The van der Waals surface area contributed by atoms with Gasteiger partial charge in [-0.25, -0.2) is 8.78 Å². The fraction of sp³-hybridized carbons (Fsp3) is 0.400. The van der Waals surface area contributed by atoms with Crippen LogP contribution in [0.25, 0.3) is 22.2 Å². The number of carbonyl (C=O) groups excluding carboxylic acids is 1. The van der Waals surface area contributed by atoms with Crippen LogP contribution in [0.5, 0.6) is 0 Å². The first-order valence-electron chi connectivity index (χ1n) is 10.7. The number of nitrogens with one attached hydrogen (secondary N) is 2. The van der Waals surface area contributed by atoms with E-state index in [1.807, 2.05) is 13.8 Å². The molecule has 1 amide bonds. The maximum atomic E-state index is 14.3. The number of aromatic amines is 1. The summed E-state index contributed by atoms with van der Waals surface area (Å²) in [6.07, 6.45) is 2.89. The van der Waals surface area contributed by atoms with Gasteiger partial charge in [0, 0.05) is 22.0 Å². The van der Waals surface area contributed by atoms with Crippen molar-refractivity contribution in [3.8, 4) is 11.3 Å².